The monoisotopic (exact) mass is 456 g/mol. The number of hydrogen-bond donors (Lipinski definition) is 3. The third-order valence-electron chi connectivity index (χ3n) is 7.00. The van der Waals surface area contributed by atoms with Crippen LogP contribution in [0.25, 0.3) is 0 Å². The van der Waals surface area contributed by atoms with Crippen LogP contribution in [0.4, 0.5) is 5.82 Å². The molecule has 0 bridgehead atoms. The van der Waals surface area contributed by atoms with Crippen molar-refractivity contribution in [1.82, 2.24) is 15.2 Å². The number of pyridine rings is 1. The van der Waals surface area contributed by atoms with Gasteiger partial charge < -0.3 is 20.6 Å². The largest absolute Gasteiger partial charge is 0.384 e. The SMILES string of the molecule is CNc1ccc(C(=O)N[C@@H](C(=O)N2CC[C@]3(O)c4ccc(Cl)cc4C3(C)C2)C(C)C)cn1. The molecule has 1 saturated heterocycles. The molecular formula is C24H29ClN4O3. The highest BCUT2D eigenvalue weighted by Crippen LogP contribution is 2.59. The van der Waals surface area contributed by atoms with E-state index in [2.05, 4.69) is 15.6 Å². The third-order valence-corrected chi connectivity index (χ3v) is 7.23. The number of benzene rings is 1. The Morgan fingerprint density at radius 2 is 1.97 bits per heavy atom. The Labute approximate surface area is 193 Å². The van der Waals surface area contributed by atoms with Crippen molar-refractivity contribution in [2.24, 2.45) is 5.92 Å². The van der Waals surface area contributed by atoms with E-state index in [0.717, 1.165) is 11.1 Å². The second-order valence-electron chi connectivity index (χ2n) is 9.27. The summed E-state index contributed by atoms with van der Waals surface area (Å²) in [5.74, 6) is 0.0697. The minimum absolute atomic E-state index is 0.104. The number of carbonyl (C=O) groups is 2. The molecule has 4 rings (SSSR count). The Hall–Kier alpha value is -2.64. The molecule has 3 N–H and O–H groups in total. The van der Waals surface area contributed by atoms with Crippen molar-refractivity contribution >= 4 is 29.2 Å². The number of nitrogens with zero attached hydrogens (tertiary/aromatic N) is 2. The highest BCUT2D eigenvalue weighted by molar-refractivity contribution is 6.30. The van der Waals surface area contributed by atoms with Crippen LogP contribution in [0, 0.1) is 5.92 Å². The normalized spacial score (nSPS) is 24.8. The summed E-state index contributed by atoms with van der Waals surface area (Å²) in [7, 11) is 1.75. The summed E-state index contributed by atoms with van der Waals surface area (Å²) in [6.07, 6.45) is 1.93. The molecular weight excluding hydrogens is 428 g/mol. The molecule has 170 valence electrons. The molecule has 0 spiro atoms. The molecule has 2 heterocycles. The van der Waals surface area contributed by atoms with Crippen LogP contribution in [0.15, 0.2) is 36.5 Å². The average Bonchev–Trinajstić information content (AvgIpc) is 2.78. The molecule has 0 saturated carbocycles. The predicted molar refractivity (Wildman–Crippen MR) is 124 cm³/mol. The average molecular weight is 457 g/mol. The Morgan fingerprint density at radius 1 is 1.22 bits per heavy atom. The molecule has 0 radical (unpaired) electrons. The van der Waals surface area contributed by atoms with Gasteiger partial charge in [-0.3, -0.25) is 9.59 Å². The summed E-state index contributed by atoms with van der Waals surface area (Å²) in [5.41, 5.74) is 0.694. The van der Waals surface area contributed by atoms with Crippen molar-refractivity contribution in [3.05, 3.63) is 58.2 Å². The lowest BCUT2D eigenvalue weighted by molar-refractivity contribution is -0.153. The maximum Gasteiger partial charge on any atom is 0.253 e. The number of aromatic nitrogens is 1. The molecule has 1 fully saturated rings. The van der Waals surface area contributed by atoms with Gasteiger partial charge in [0.2, 0.25) is 5.91 Å². The molecule has 7 nitrogen and oxygen atoms in total. The van der Waals surface area contributed by atoms with Crippen molar-refractivity contribution in [1.29, 1.82) is 0 Å². The summed E-state index contributed by atoms with van der Waals surface area (Å²) in [5, 5.41) is 17.8. The molecule has 3 atom stereocenters. The molecule has 1 aromatic carbocycles. The van der Waals surface area contributed by atoms with Crippen LogP contribution in [0.5, 0.6) is 0 Å². The lowest BCUT2D eigenvalue weighted by Gasteiger charge is -2.61. The van der Waals surface area contributed by atoms with Crippen LogP contribution in [0.1, 0.15) is 48.7 Å². The predicted octanol–water partition coefficient (Wildman–Crippen LogP) is 2.92. The summed E-state index contributed by atoms with van der Waals surface area (Å²) < 4.78 is 0. The first-order valence-corrected chi connectivity index (χ1v) is 11.2. The van der Waals surface area contributed by atoms with Crippen LogP contribution < -0.4 is 10.6 Å². The van der Waals surface area contributed by atoms with Crippen molar-refractivity contribution in [2.45, 2.75) is 44.2 Å². The summed E-state index contributed by atoms with van der Waals surface area (Å²) in [6.45, 7) is 6.58. The second kappa shape index (κ2) is 8.05. The number of anilines is 1. The van der Waals surface area contributed by atoms with Crippen molar-refractivity contribution in [3.63, 3.8) is 0 Å². The summed E-state index contributed by atoms with van der Waals surface area (Å²) in [6, 6.07) is 8.25. The molecule has 1 aliphatic carbocycles. The Morgan fingerprint density at radius 3 is 2.59 bits per heavy atom. The number of rotatable bonds is 5. The fraction of sp³-hybridized carbons (Fsp3) is 0.458. The van der Waals surface area contributed by atoms with E-state index in [1.54, 1.807) is 30.1 Å². The minimum atomic E-state index is -0.971. The van der Waals surface area contributed by atoms with Crippen molar-refractivity contribution in [2.75, 3.05) is 25.5 Å². The number of carbonyl (C=O) groups excluding carboxylic acids is 2. The smallest absolute Gasteiger partial charge is 0.253 e. The molecule has 1 aliphatic heterocycles. The van der Waals surface area contributed by atoms with Gasteiger partial charge in [0.25, 0.3) is 5.91 Å². The lowest BCUT2D eigenvalue weighted by Crippen LogP contribution is -2.68. The van der Waals surface area contributed by atoms with Gasteiger partial charge in [-0.15, -0.1) is 0 Å². The van der Waals surface area contributed by atoms with E-state index in [1.165, 1.54) is 6.20 Å². The van der Waals surface area contributed by atoms with Gasteiger partial charge in [0.1, 0.15) is 17.5 Å². The van der Waals surface area contributed by atoms with E-state index in [4.69, 9.17) is 11.6 Å². The van der Waals surface area contributed by atoms with Gasteiger partial charge in [-0.1, -0.05) is 38.4 Å². The van der Waals surface area contributed by atoms with E-state index in [0.29, 0.717) is 35.9 Å². The molecule has 2 aromatic rings. The molecule has 1 aromatic heterocycles. The Bertz CT molecular complexity index is 1060. The number of amides is 2. The van der Waals surface area contributed by atoms with Crippen LogP contribution in [-0.2, 0) is 15.8 Å². The van der Waals surface area contributed by atoms with Crippen LogP contribution in [0.3, 0.4) is 0 Å². The van der Waals surface area contributed by atoms with Crippen LogP contribution in [0.2, 0.25) is 5.02 Å². The second-order valence-corrected chi connectivity index (χ2v) is 9.71. The van der Waals surface area contributed by atoms with Gasteiger partial charge in [-0.05, 0) is 47.7 Å². The maximum absolute atomic E-state index is 13.5. The molecule has 32 heavy (non-hydrogen) atoms. The first-order valence-electron chi connectivity index (χ1n) is 10.9. The number of halogens is 1. The van der Waals surface area contributed by atoms with Gasteiger partial charge >= 0.3 is 0 Å². The van der Waals surface area contributed by atoms with Crippen molar-refractivity contribution < 1.29 is 14.7 Å². The van der Waals surface area contributed by atoms with Crippen LogP contribution in [-0.4, -0.2) is 53.0 Å². The van der Waals surface area contributed by atoms with Gasteiger partial charge in [0, 0.05) is 36.8 Å². The molecule has 8 heteroatoms. The summed E-state index contributed by atoms with van der Waals surface area (Å²) >= 11 is 6.20. The molecule has 1 unspecified atom stereocenters. The quantitative estimate of drug-likeness (QED) is 0.643. The van der Waals surface area contributed by atoms with E-state index >= 15 is 0 Å². The van der Waals surface area contributed by atoms with Gasteiger partial charge in [-0.25, -0.2) is 4.98 Å². The standard InChI is InChI=1S/C24H29ClN4O3/c1-14(2)20(28-21(30)15-5-8-19(26-4)27-12-15)22(31)29-10-9-24(32)17-7-6-16(25)11-18(17)23(24,3)13-29/h5-8,11-12,14,20,32H,9-10,13H2,1-4H3,(H,26,27)(H,28,30)/t20-,23?,24+/m1/s1. The fourth-order valence-corrected chi connectivity index (χ4v) is 5.15. The minimum Gasteiger partial charge on any atom is -0.384 e. The van der Waals surface area contributed by atoms with Crippen molar-refractivity contribution in [3.8, 4) is 0 Å². The number of likely N-dealkylation sites (tertiary alicyclic amines) is 1. The summed E-state index contributed by atoms with van der Waals surface area (Å²) in [4.78, 5) is 32.2. The van der Waals surface area contributed by atoms with E-state index in [9.17, 15) is 14.7 Å². The van der Waals surface area contributed by atoms with Gasteiger partial charge in [0.15, 0.2) is 0 Å². The molecule has 2 aliphatic rings. The molecule has 2 amide bonds. The number of nitrogens with one attached hydrogen (secondary N) is 2. The number of piperidine rings is 1. The first-order chi connectivity index (χ1) is 15.1. The highest BCUT2D eigenvalue weighted by Gasteiger charge is 2.62. The van der Waals surface area contributed by atoms with E-state index in [-0.39, 0.29) is 17.7 Å². The van der Waals surface area contributed by atoms with E-state index < -0.39 is 17.1 Å². The van der Waals surface area contributed by atoms with Gasteiger partial charge in [-0.2, -0.15) is 0 Å². The zero-order valence-corrected chi connectivity index (χ0v) is 19.5. The third kappa shape index (κ3) is 3.44. The number of fused-ring (bicyclic) bond motifs is 4. The maximum atomic E-state index is 13.5. The van der Waals surface area contributed by atoms with Crippen LogP contribution >= 0.6 is 11.6 Å². The first kappa shape index (κ1) is 22.6. The highest BCUT2D eigenvalue weighted by atomic mass is 35.5. The fourth-order valence-electron chi connectivity index (χ4n) is 4.97. The topological polar surface area (TPSA) is 94.6 Å². The van der Waals surface area contributed by atoms with E-state index in [1.807, 2.05) is 32.9 Å². The number of hydrogen-bond acceptors (Lipinski definition) is 5. The Balaban J connectivity index is 1.52. The number of aliphatic hydroxyl groups is 1. The zero-order valence-electron chi connectivity index (χ0n) is 18.8. The lowest BCUT2D eigenvalue weighted by atomic mass is 9.51. The Kier molecular flexibility index (Phi) is 5.67. The van der Waals surface area contributed by atoms with Gasteiger partial charge in [0.05, 0.1) is 5.56 Å². The zero-order chi connectivity index (χ0) is 23.3.